The number of aromatic nitrogens is 3. The van der Waals surface area contributed by atoms with Gasteiger partial charge in [-0.2, -0.15) is 4.98 Å². The monoisotopic (exact) mass is 395 g/mol. The molecule has 9 heteroatoms. The number of carbonyl (C=O) groups excluding carboxylic acids is 2. The number of aryl methyl sites for hydroxylation is 1. The third-order valence-electron chi connectivity index (χ3n) is 4.59. The maximum absolute atomic E-state index is 11.9. The van der Waals surface area contributed by atoms with E-state index in [9.17, 15) is 9.59 Å². The Hall–Kier alpha value is -3.62. The van der Waals surface area contributed by atoms with Gasteiger partial charge in [-0.25, -0.2) is 4.98 Å². The van der Waals surface area contributed by atoms with Crippen molar-refractivity contribution >= 4 is 40.2 Å². The smallest absolute Gasteiger partial charge is 0.254 e. The number of hydrogen-bond donors (Lipinski definition) is 4. The molecule has 1 atom stereocenters. The fraction of sp³-hybridized carbons (Fsp3) is 0.300. The van der Waals surface area contributed by atoms with Crippen molar-refractivity contribution in [3.8, 4) is 0 Å². The molecule has 3 aromatic rings. The van der Waals surface area contributed by atoms with Gasteiger partial charge in [0.2, 0.25) is 11.9 Å². The molecule has 152 valence electrons. The van der Waals surface area contributed by atoms with E-state index in [0.29, 0.717) is 6.42 Å². The first-order valence-electron chi connectivity index (χ1n) is 9.30. The van der Waals surface area contributed by atoms with Crippen molar-refractivity contribution < 1.29 is 9.59 Å². The minimum atomic E-state index is -0.659. The van der Waals surface area contributed by atoms with Crippen molar-refractivity contribution in [3.63, 3.8) is 0 Å². The molecule has 0 aliphatic carbocycles. The van der Waals surface area contributed by atoms with E-state index in [1.165, 1.54) is 6.20 Å². The highest BCUT2D eigenvalue weighted by Gasteiger charge is 2.20. The maximum atomic E-state index is 11.9. The summed E-state index contributed by atoms with van der Waals surface area (Å²) in [5, 5.41) is 7.09. The lowest BCUT2D eigenvalue weighted by molar-refractivity contribution is -0.119. The summed E-state index contributed by atoms with van der Waals surface area (Å²) in [6.45, 7) is 3.98. The molecule has 0 saturated carbocycles. The van der Waals surface area contributed by atoms with Crippen LogP contribution in [0.1, 0.15) is 30.6 Å². The predicted molar refractivity (Wildman–Crippen MR) is 113 cm³/mol. The van der Waals surface area contributed by atoms with Crippen molar-refractivity contribution in [1.82, 2.24) is 14.5 Å². The van der Waals surface area contributed by atoms with Crippen LogP contribution in [0.25, 0.3) is 10.9 Å². The molecule has 0 fully saturated rings. The molecule has 0 aliphatic heterocycles. The number of amides is 2. The molecule has 2 amide bonds. The quantitative estimate of drug-likeness (QED) is 0.460. The zero-order valence-electron chi connectivity index (χ0n) is 16.6. The average molecular weight is 395 g/mol. The zero-order valence-corrected chi connectivity index (χ0v) is 16.6. The van der Waals surface area contributed by atoms with Crippen molar-refractivity contribution in [3.05, 3.63) is 42.2 Å². The molecule has 1 unspecified atom stereocenters. The molecule has 0 bridgehead atoms. The van der Waals surface area contributed by atoms with E-state index in [1.54, 1.807) is 0 Å². The summed E-state index contributed by atoms with van der Waals surface area (Å²) >= 11 is 0. The number of benzene rings is 1. The van der Waals surface area contributed by atoms with Crippen LogP contribution in [0.3, 0.4) is 0 Å². The number of nitrogens with zero attached hydrogens (tertiary/aromatic N) is 3. The minimum absolute atomic E-state index is 0.142. The topological polar surface area (TPSA) is 141 Å². The van der Waals surface area contributed by atoms with Gasteiger partial charge in [0.05, 0.1) is 0 Å². The van der Waals surface area contributed by atoms with Crippen LogP contribution in [0.2, 0.25) is 0 Å². The first kappa shape index (κ1) is 20.1. The fourth-order valence-corrected chi connectivity index (χ4v) is 3.14. The van der Waals surface area contributed by atoms with Gasteiger partial charge in [0, 0.05) is 36.0 Å². The van der Waals surface area contributed by atoms with Crippen LogP contribution in [-0.2, 0) is 11.8 Å². The Labute approximate surface area is 168 Å². The zero-order chi connectivity index (χ0) is 21.1. The molecule has 1 aromatic carbocycles. The van der Waals surface area contributed by atoms with Crippen molar-refractivity contribution in [2.75, 3.05) is 10.6 Å². The van der Waals surface area contributed by atoms with E-state index in [2.05, 4.69) is 20.6 Å². The number of nitrogens with two attached hydrogens (primary N) is 2. The van der Waals surface area contributed by atoms with Gasteiger partial charge in [-0.05, 0) is 30.5 Å². The first-order chi connectivity index (χ1) is 13.8. The van der Waals surface area contributed by atoms with Crippen LogP contribution in [0.15, 0.2) is 36.7 Å². The summed E-state index contributed by atoms with van der Waals surface area (Å²) in [7, 11) is 1.95. The molecule has 6 N–H and O–H groups in total. The van der Waals surface area contributed by atoms with Crippen LogP contribution in [0.5, 0.6) is 0 Å². The molecular weight excluding hydrogens is 370 g/mol. The molecule has 9 nitrogen and oxygen atoms in total. The van der Waals surface area contributed by atoms with Crippen LogP contribution in [0, 0.1) is 5.92 Å². The van der Waals surface area contributed by atoms with Gasteiger partial charge in [0.15, 0.2) is 0 Å². The van der Waals surface area contributed by atoms with E-state index in [-0.39, 0.29) is 23.2 Å². The lowest BCUT2D eigenvalue weighted by atomic mass is 10.0. The number of anilines is 3. The number of primary amides is 2. The lowest BCUT2D eigenvalue weighted by Gasteiger charge is -2.18. The van der Waals surface area contributed by atoms with Gasteiger partial charge in [-0.1, -0.05) is 19.9 Å². The first-order valence-corrected chi connectivity index (χ1v) is 9.30. The van der Waals surface area contributed by atoms with Crippen molar-refractivity contribution in [2.24, 2.45) is 24.4 Å². The number of fused-ring (bicyclic) bond motifs is 1. The Morgan fingerprint density at radius 2 is 1.97 bits per heavy atom. The average Bonchev–Trinajstić information content (AvgIpc) is 3.03. The lowest BCUT2D eigenvalue weighted by Crippen LogP contribution is -2.37. The minimum Gasteiger partial charge on any atom is -0.368 e. The summed E-state index contributed by atoms with van der Waals surface area (Å²) in [6.07, 6.45) is 3.81. The highest BCUT2D eigenvalue weighted by Crippen LogP contribution is 2.28. The second-order valence-corrected chi connectivity index (χ2v) is 7.34. The fourth-order valence-electron chi connectivity index (χ4n) is 3.14. The number of hydrogen-bond acceptors (Lipinski definition) is 6. The summed E-state index contributed by atoms with van der Waals surface area (Å²) in [6, 6.07) is 7.12. The van der Waals surface area contributed by atoms with E-state index in [0.717, 1.165) is 16.6 Å². The van der Waals surface area contributed by atoms with E-state index < -0.39 is 17.9 Å². The van der Waals surface area contributed by atoms with Gasteiger partial charge in [-0.3, -0.25) is 9.59 Å². The van der Waals surface area contributed by atoms with Gasteiger partial charge in [-0.15, -0.1) is 0 Å². The molecular formula is C20H25N7O2. The van der Waals surface area contributed by atoms with Crippen molar-refractivity contribution in [1.29, 1.82) is 0 Å². The van der Waals surface area contributed by atoms with Crippen LogP contribution in [-0.4, -0.2) is 32.4 Å². The number of rotatable bonds is 8. The second-order valence-electron chi connectivity index (χ2n) is 7.34. The van der Waals surface area contributed by atoms with Gasteiger partial charge >= 0.3 is 0 Å². The molecule has 0 aliphatic rings. The molecule has 0 spiro atoms. The normalized spacial score (nSPS) is 12.1. The molecule has 2 aromatic heterocycles. The maximum Gasteiger partial charge on any atom is 0.254 e. The Morgan fingerprint density at radius 3 is 2.62 bits per heavy atom. The summed E-state index contributed by atoms with van der Waals surface area (Å²) in [4.78, 5) is 32.1. The van der Waals surface area contributed by atoms with E-state index in [1.807, 2.05) is 55.9 Å². The molecule has 0 radical (unpaired) electrons. The number of nitrogens with one attached hydrogen (secondary N) is 2. The highest BCUT2D eigenvalue weighted by molar-refractivity contribution is 6.00. The largest absolute Gasteiger partial charge is 0.368 e. The molecule has 0 saturated heterocycles. The Kier molecular flexibility index (Phi) is 5.67. The number of carbonyl (C=O) groups is 2. The Bertz CT molecular complexity index is 1060. The van der Waals surface area contributed by atoms with Crippen LogP contribution < -0.4 is 22.1 Å². The SMILES string of the molecule is CC(C)CC(Nc1ncc(C(N)=O)c(Nc2cccc3c2ccn3C)n1)C(N)=O. The summed E-state index contributed by atoms with van der Waals surface area (Å²) in [5.74, 6) is -0.475. The summed E-state index contributed by atoms with van der Waals surface area (Å²) in [5.41, 5.74) is 12.9. The third kappa shape index (κ3) is 4.45. The predicted octanol–water partition coefficient (Wildman–Crippen LogP) is 2.12. The Morgan fingerprint density at radius 1 is 1.21 bits per heavy atom. The van der Waals surface area contributed by atoms with Gasteiger partial charge in [0.1, 0.15) is 17.4 Å². The Balaban J connectivity index is 1.97. The van der Waals surface area contributed by atoms with Gasteiger partial charge < -0.3 is 26.7 Å². The summed E-state index contributed by atoms with van der Waals surface area (Å²) < 4.78 is 1.99. The standard InChI is InChI=1S/C20H25N7O2/c1-11(2)9-15(18(22)29)25-20-23-10-13(17(21)28)19(26-20)24-14-5-4-6-16-12(14)7-8-27(16)3/h4-8,10-11,15H,9H2,1-3H3,(H2,21,28)(H2,22,29)(H2,23,24,25,26). The molecule has 3 rings (SSSR count). The van der Waals surface area contributed by atoms with E-state index >= 15 is 0 Å². The molecule has 29 heavy (non-hydrogen) atoms. The van der Waals surface area contributed by atoms with E-state index in [4.69, 9.17) is 11.5 Å². The van der Waals surface area contributed by atoms with Crippen LogP contribution >= 0.6 is 0 Å². The van der Waals surface area contributed by atoms with Gasteiger partial charge in [0.25, 0.3) is 5.91 Å². The highest BCUT2D eigenvalue weighted by atomic mass is 16.1. The third-order valence-corrected chi connectivity index (χ3v) is 4.59. The van der Waals surface area contributed by atoms with Crippen molar-refractivity contribution in [2.45, 2.75) is 26.3 Å². The van der Waals surface area contributed by atoms with Crippen LogP contribution in [0.4, 0.5) is 17.5 Å². The second kappa shape index (κ2) is 8.17. The molecule has 2 heterocycles.